The molecule has 0 unspecified atom stereocenters. The lowest BCUT2D eigenvalue weighted by atomic mass is 10.1. The Kier molecular flexibility index (Phi) is 3.24. The Morgan fingerprint density at radius 3 is 2.64 bits per heavy atom. The fraction of sp³-hybridized carbons (Fsp3) is 0.556. The Labute approximate surface area is 83.7 Å². The molecule has 5 heteroatoms. The van der Waals surface area contributed by atoms with E-state index in [2.05, 4.69) is 15.3 Å². The van der Waals surface area contributed by atoms with E-state index in [9.17, 15) is 0 Å². The van der Waals surface area contributed by atoms with Crippen molar-refractivity contribution in [3.05, 3.63) is 12.4 Å². The lowest BCUT2D eigenvalue weighted by Crippen LogP contribution is -2.32. The molecule has 1 aromatic heterocycles. The van der Waals surface area contributed by atoms with Crippen molar-refractivity contribution in [2.45, 2.75) is 19.4 Å². The van der Waals surface area contributed by atoms with Gasteiger partial charge in [-0.25, -0.2) is 9.97 Å². The lowest BCUT2D eigenvalue weighted by molar-refractivity contribution is 0.0343. The average Bonchev–Trinajstić information content (AvgIpc) is 2.17. The number of ether oxygens (including phenoxy) is 1. The van der Waals surface area contributed by atoms with E-state index in [4.69, 9.17) is 10.5 Å². The largest absolute Gasteiger partial charge is 0.381 e. The van der Waals surface area contributed by atoms with Crippen molar-refractivity contribution in [3.63, 3.8) is 0 Å². The van der Waals surface area contributed by atoms with Crippen LogP contribution < -0.4 is 11.1 Å². The summed E-state index contributed by atoms with van der Waals surface area (Å²) in [6, 6.07) is 0. The third-order valence-corrected chi connectivity index (χ3v) is 1.96. The number of nitrogen functional groups attached to an aromatic ring is 1. The molecule has 0 bridgehead atoms. The topological polar surface area (TPSA) is 73.1 Å². The number of hydrogen-bond donors (Lipinski definition) is 2. The third-order valence-electron chi connectivity index (χ3n) is 1.96. The highest BCUT2D eigenvalue weighted by Crippen LogP contribution is 2.13. The number of anilines is 2. The van der Waals surface area contributed by atoms with Crippen molar-refractivity contribution >= 4 is 11.6 Å². The van der Waals surface area contributed by atoms with Gasteiger partial charge in [0.1, 0.15) is 0 Å². The fourth-order valence-electron chi connectivity index (χ4n) is 0.854. The maximum atomic E-state index is 5.61. The summed E-state index contributed by atoms with van der Waals surface area (Å²) in [7, 11) is 1.67. The van der Waals surface area contributed by atoms with E-state index in [1.165, 1.54) is 0 Å². The zero-order valence-electron chi connectivity index (χ0n) is 8.74. The van der Waals surface area contributed by atoms with Gasteiger partial charge in [-0.3, -0.25) is 0 Å². The molecule has 14 heavy (non-hydrogen) atoms. The SMILES string of the molecule is COC(C)(C)CNc1nccnc1N. The van der Waals surface area contributed by atoms with Gasteiger partial charge in [-0.1, -0.05) is 0 Å². The van der Waals surface area contributed by atoms with Crippen LogP contribution in [0.3, 0.4) is 0 Å². The Morgan fingerprint density at radius 2 is 2.07 bits per heavy atom. The predicted molar refractivity (Wildman–Crippen MR) is 56.0 cm³/mol. The number of rotatable bonds is 4. The molecule has 1 aromatic rings. The van der Waals surface area contributed by atoms with Gasteiger partial charge in [0.2, 0.25) is 0 Å². The van der Waals surface area contributed by atoms with E-state index in [-0.39, 0.29) is 5.60 Å². The number of aromatic nitrogens is 2. The molecule has 5 nitrogen and oxygen atoms in total. The molecule has 1 rings (SSSR count). The fourth-order valence-corrected chi connectivity index (χ4v) is 0.854. The molecule has 0 atom stereocenters. The van der Waals surface area contributed by atoms with Gasteiger partial charge in [-0.15, -0.1) is 0 Å². The predicted octanol–water partition coefficient (Wildman–Crippen LogP) is 0.896. The van der Waals surface area contributed by atoms with E-state index in [1.807, 2.05) is 13.8 Å². The van der Waals surface area contributed by atoms with Gasteiger partial charge < -0.3 is 15.8 Å². The molecule has 0 aliphatic rings. The summed E-state index contributed by atoms with van der Waals surface area (Å²) < 4.78 is 5.25. The van der Waals surface area contributed by atoms with E-state index in [1.54, 1.807) is 19.5 Å². The number of methoxy groups -OCH3 is 1. The van der Waals surface area contributed by atoms with Crippen LogP contribution in [0.5, 0.6) is 0 Å². The molecule has 0 saturated carbocycles. The van der Waals surface area contributed by atoms with Crippen LogP contribution in [0.15, 0.2) is 12.4 Å². The van der Waals surface area contributed by atoms with Gasteiger partial charge in [-0.2, -0.15) is 0 Å². The highest BCUT2D eigenvalue weighted by atomic mass is 16.5. The molecule has 0 amide bonds. The van der Waals surface area contributed by atoms with Gasteiger partial charge in [0.05, 0.1) is 5.60 Å². The van der Waals surface area contributed by atoms with Crippen molar-refractivity contribution < 1.29 is 4.74 Å². The average molecular weight is 196 g/mol. The van der Waals surface area contributed by atoms with Crippen molar-refractivity contribution in [1.29, 1.82) is 0 Å². The monoisotopic (exact) mass is 196 g/mol. The minimum atomic E-state index is -0.246. The zero-order chi connectivity index (χ0) is 10.6. The van der Waals surface area contributed by atoms with Crippen molar-refractivity contribution in [2.24, 2.45) is 0 Å². The van der Waals surface area contributed by atoms with Crippen LogP contribution in [0.4, 0.5) is 11.6 Å². The second-order valence-electron chi connectivity index (χ2n) is 3.61. The second kappa shape index (κ2) is 4.23. The normalized spacial score (nSPS) is 11.4. The molecule has 0 aliphatic heterocycles. The summed E-state index contributed by atoms with van der Waals surface area (Å²) >= 11 is 0. The van der Waals surface area contributed by atoms with Gasteiger partial charge in [0, 0.05) is 26.0 Å². The molecule has 3 N–H and O–H groups in total. The van der Waals surface area contributed by atoms with Crippen molar-refractivity contribution in [2.75, 3.05) is 24.7 Å². The molecular weight excluding hydrogens is 180 g/mol. The number of nitrogens with one attached hydrogen (secondary N) is 1. The first-order valence-corrected chi connectivity index (χ1v) is 4.41. The second-order valence-corrected chi connectivity index (χ2v) is 3.61. The van der Waals surface area contributed by atoms with Crippen molar-refractivity contribution in [3.8, 4) is 0 Å². The minimum absolute atomic E-state index is 0.246. The summed E-state index contributed by atoms with van der Waals surface area (Å²) in [6.45, 7) is 4.59. The Balaban J connectivity index is 2.58. The Bertz CT molecular complexity index is 301. The standard InChI is InChI=1S/C9H16N4O/c1-9(2,14-3)6-13-8-7(10)11-4-5-12-8/h4-5H,6H2,1-3H3,(H2,10,11)(H,12,13). The van der Waals surface area contributed by atoms with E-state index >= 15 is 0 Å². The highest BCUT2D eigenvalue weighted by Gasteiger charge is 2.16. The van der Waals surface area contributed by atoms with Crippen LogP contribution >= 0.6 is 0 Å². The van der Waals surface area contributed by atoms with Gasteiger partial charge in [0.15, 0.2) is 11.6 Å². The van der Waals surface area contributed by atoms with Crippen LogP contribution in [0, 0.1) is 0 Å². The minimum Gasteiger partial charge on any atom is -0.381 e. The molecular formula is C9H16N4O. The van der Waals surface area contributed by atoms with Gasteiger partial charge >= 0.3 is 0 Å². The van der Waals surface area contributed by atoms with Crippen LogP contribution in [0.1, 0.15) is 13.8 Å². The van der Waals surface area contributed by atoms with Crippen molar-refractivity contribution in [1.82, 2.24) is 9.97 Å². The molecule has 0 aliphatic carbocycles. The molecule has 0 radical (unpaired) electrons. The summed E-state index contributed by atoms with van der Waals surface area (Å²) in [5.74, 6) is 0.997. The molecule has 1 heterocycles. The van der Waals surface area contributed by atoms with Gasteiger partial charge in [0.25, 0.3) is 0 Å². The summed E-state index contributed by atoms with van der Waals surface area (Å²) in [5, 5.41) is 3.08. The Morgan fingerprint density at radius 1 is 1.43 bits per heavy atom. The smallest absolute Gasteiger partial charge is 0.169 e. The quantitative estimate of drug-likeness (QED) is 0.748. The molecule has 0 saturated heterocycles. The molecule has 0 aromatic carbocycles. The number of nitrogens with two attached hydrogens (primary N) is 1. The lowest BCUT2D eigenvalue weighted by Gasteiger charge is -2.23. The first kappa shape index (κ1) is 10.7. The molecule has 78 valence electrons. The number of hydrogen-bond acceptors (Lipinski definition) is 5. The van der Waals surface area contributed by atoms with Crippen LogP contribution in [-0.4, -0.2) is 29.2 Å². The molecule has 0 fully saturated rings. The summed E-state index contributed by atoms with van der Waals surface area (Å²) in [6.07, 6.45) is 3.15. The van der Waals surface area contributed by atoms with Crippen LogP contribution in [0.2, 0.25) is 0 Å². The summed E-state index contributed by atoms with van der Waals surface area (Å²) in [5.41, 5.74) is 5.37. The van der Waals surface area contributed by atoms with Crippen LogP contribution in [-0.2, 0) is 4.74 Å². The third kappa shape index (κ3) is 2.85. The zero-order valence-corrected chi connectivity index (χ0v) is 8.74. The first-order valence-electron chi connectivity index (χ1n) is 4.41. The van der Waals surface area contributed by atoms with E-state index in [0.717, 1.165) is 0 Å². The van der Waals surface area contributed by atoms with E-state index < -0.39 is 0 Å². The summed E-state index contributed by atoms with van der Waals surface area (Å²) in [4.78, 5) is 7.98. The van der Waals surface area contributed by atoms with E-state index in [0.29, 0.717) is 18.2 Å². The highest BCUT2D eigenvalue weighted by molar-refractivity contribution is 5.54. The molecule has 0 spiro atoms. The number of nitrogens with zero attached hydrogens (tertiary/aromatic N) is 2. The maximum Gasteiger partial charge on any atom is 0.169 e. The Hall–Kier alpha value is -1.36. The maximum absolute atomic E-state index is 5.61. The van der Waals surface area contributed by atoms with Crippen LogP contribution in [0.25, 0.3) is 0 Å². The first-order chi connectivity index (χ1) is 6.55. The van der Waals surface area contributed by atoms with Gasteiger partial charge in [-0.05, 0) is 13.8 Å².